The number of ether oxygens (including phenoxy) is 1. The second-order valence-corrected chi connectivity index (χ2v) is 4.18. The zero-order chi connectivity index (χ0) is 12.4. The fraction of sp³-hybridized carbons (Fsp3) is 0.0625. The summed E-state index contributed by atoms with van der Waals surface area (Å²) in [5.41, 5.74) is 3.54. The van der Waals surface area contributed by atoms with Gasteiger partial charge in [-0.2, -0.15) is 4.40 Å². The lowest BCUT2D eigenvalue weighted by atomic mass is 10.1. The summed E-state index contributed by atoms with van der Waals surface area (Å²) in [4.78, 5) is 0. The molecule has 88 valence electrons. The molecule has 0 fully saturated rings. The molecule has 3 aromatic rings. The number of nitrogens with zero attached hydrogens (tertiary/aromatic N) is 1. The quantitative estimate of drug-likeness (QED) is 0.623. The van der Waals surface area contributed by atoms with Gasteiger partial charge >= 0.3 is 0 Å². The fourth-order valence-electron chi connectivity index (χ4n) is 2.08. The highest BCUT2D eigenvalue weighted by Crippen LogP contribution is 2.23. The first-order valence-corrected chi connectivity index (χ1v) is 5.91. The van der Waals surface area contributed by atoms with Crippen molar-refractivity contribution < 1.29 is 9.14 Å². The minimum absolute atomic E-state index is 0.883. The van der Waals surface area contributed by atoms with Gasteiger partial charge in [0, 0.05) is 24.3 Å². The molecular weight excluding hydrogens is 222 g/mol. The molecule has 0 aliphatic heterocycles. The predicted octanol–water partition coefficient (Wildman–Crippen LogP) is 3.10. The Bertz CT molecular complexity index is 691. The third kappa shape index (κ3) is 1.93. The Morgan fingerprint density at radius 1 is 0.833 bits per heavy atom. The van der Waals surface area contributed by atoms with Crippen LogP contribution >= 0.6 is 0 Å². The number of hydrogen-bond donors (Lipinski definition) is 0. The first-order valence-electron chi connectivity index (χ1n) is 5.91. The zero-order valence-electron chi connectivity index (χ0n) is 10.2. The molecule has 0 N–H and O–H groups in total. The molecule has 0 saturated heterocycles. The monoisotopic (exact) mass is 236 g/mol. The molecule has 0 bridgehead atoms. The molecule has 2 nitrogen and oxygen atoms in total. The van der Waals surface area contributed by atoms with Crippen molar-refractivity contribution in [3.8, 4) is 16.9 Å². The molecular formula is C16H14NO+. The first kappa shape index (κ1) is 10.8. The summed E-state index contributed by atoms with van der Waals surface area (Å²) in [6.07, 6.45) is 4.12. The van der Waals surface area contributed by atoms with Gasteiger partial charge in [0.05, 0.1) is 7.11 Å². The van der Waals surface area contributed by atoms with Crippen LogP contribution in [0, 0.1) is 0 Å². The first-order chi connectivity index (χ1) is 8.86. The van der Waals surface area contributed by atoms with Gasteiger partial charge in [0.1, 0.15) is 5.75 Å². The maximum absolute atomic E-state index is 5.26. The molecule has 1 aromatic carbocycles. The van der Waals surface area contributed by atoms with Crippen LogP contribution in [-0.4, -0.2) is 7.11 Å². The number of hydrogen-bond acceptors (Lipinski definition) is 1. The van der Waals surface area contributed by atoms with Crippen molar-refractivity contribution in [2.45, 2.75) is 0 Å². The summed E-state index contributed by atoms with van der Waals surface area (Å²) in [5, 5.41) is 0. The second-order valence-electron chi connectivity index (χ2n) is 4.18. The largest absolute Gasteiger partial charge is 0.497 e. The zero-order valence-corrected chi connectivity index (χ0v) is 10.2. The Balaban J connectivity index is 2.13. The molecule has 0 unspecified atom stereocenters. The maximum atomic E-state index is 5.26. The van der Waals surface area contributed by atoms with Crippen molar-refractivity contribution in [1.29, 1.82) is 0 Å². The van der Waals surface area contributed by atoms with Gasteiger partial charge in [0.25, 0.3) is 0 Å². The molecule has 0 spiro atoms. The maximum Gasteiger partial charge on any atom is 0.211 e. The third-order valence-electron chi connectivity index (χ3n) is 3.04. The Labute approximate surface area is 106 Å². The highest BCUT2D eigenvalue weighted by molar-refractivity contribution is 5.68. The Hall–Kier alpha value is -2.35. The Morgan fingerprint density at radius 2 is 1.72 bits per heavy atom. The highest BCUT2D eigenvalue weighted by Gasteiger charge is 2.05. The molecule has 0 saturated carbocycles. The van der Waals surface area contributed by atoms with E-state index in [-0.39, 0.29) is 0 Å². The molecule has 18 heavy (non-hydrogen) atoms. The van der Waals surface area contributed by atoms with Crippen LogP contribution in [0.4, 0.5) is 0 Å². The lowest BCUT2D eigenvalue weighted by Gasteiger charge is -2.04. The molecule has 3 rings (SSSR count). The van der Waals surface area contributed by atoms with Crippen LogP contribution in [0.3, 0.4) is 0 Å². The van der Waals surface area contributed by atoms with Crippen molar-refractivity contribution in [2.75, 3.05) is 7.11 Å². The van der Waals surface area contributed by atoms with Crippen LogP contribution in [0.15, 0.2) is 67.0 Å². The fourth-order valence-corrected chi connectivity index (χ4v) is 2.08. The van der Waals surface area contributed by atoms with Crippen LogP contribution in [0.2, 0.25) is 0 Å². The highest BCUT2D eigenvalue weighted by atomic mass is 16.5. The summed E-state index contributed by atoms with van der Waals surface area (Å²) in [6, 6.07) is 18.6. The average molecular weight is 236 g/mol. The lowest BCUT2D eigenvalue weighted by Crippen LogP contribution is -2.19. The van der Waals surface area contributed by atoms with Crippen LogP contribution in [0.25, 0.3) is 16.6 Å². The standard InChI is InChI=1S/C16H14NO/c1-18-16-7-4-5-13(12-16)14-8-10-17-9-3-2-6-15(17)11-14/h2-12H,1H3/q+1. The summed E-state index contributed by atoms with van der Waals surface area (Å²) in [5.74, 6) is 0.883. The Kier molecular flexibility index (Phi) is 2.69. The normalized spacial score (nSPS) is 10.5. The topological polar surface area (TPSA) is 13.3 Å². The van der Waals surface area contributed by atoms with Gasteiger partial charge < -0.3 is 4.74 Å². The Morgan fingerprint density at radius 3 is 2.61 bits per heavy atom. The summed E-state index contributed by atoms with van der Waals surface area (Å²) >= 11 is 0. The van der Waals surface area contributed by atoms with E-state index in [1.807, 2.05) is 30.5 Å². The van der Waals surface area contributed by atoms with Crippen LogP contribution in [-0.2, 0) is 0 Å². The van der Waals surface area contributed by atoms with E-state index in [2.05, 4.69) is 40.9 Å². The van der Waals surface area contributed by atoms with E-state index in [4.69, 9.17) is 4.74 Å². The number of methoxy groups -OCH3 is 1. The summed E-state index contributed by atoms with van der Waals surface area (Å²) in [6.45, 7) is 0. The predicted molar refractivity (Wildman–Crippen MR) is 71.6 cm³/mol. The van der Waals surface area contributed by atoms with Crippen LogP contribution in [0.5, 0.6) is 5.75 Å². The van der Waals surface area contributed by atoms with Crippen molar-refractivity contribution in [2.24, 2.45) is 0 Å². The molecule has 0 aliphatic carbocycles. The average Bonchev–Trinajstić information content (AvgIpc) is 2.47. The smallest absolute Gasteiger partial charge is 0.211 e. The number of aromatic nitrogens is 1. The SMILES string of the molecule is COc1cccc(-c2cc[n+]3ccccc3c2)c1. The van der Waals surface area contributed by atoms with Crippen LogP contribution in [0.1, 0.15) is 0 Å². The van der Waals surface area contributed by atoms with Gasteiger partial charge in [-0.3, -0.25) is 0 Å². The molecule has 0 aliphatic rings. The molecule has 0 atom stereocenters. The number of fused-ring (bicyclic) bond motifs is 1. The number of benzene rings is 1. The van der Waals surface area contributed by atoms with E-state index in [9.17, 15) is 0 Å². The summed E-state index contributed by atoms with van der Waals surface area (Å²) in [7, 11) is 1.69. The van der Waals surface area contributed by atoms with Crippen molar-refractivity contribution in [3.05, 3.63) is 67.0 Å². The van der Waals surface area contributed by atoms with Gasteiger partial charge in [0.15, 0.2) is 12.4 Å². The van der Waals surface area contributed by atoms with Gasteiger partial charge in [0.2, 0.25) is 5.52 Å². The van der Waals surface area contributed by atoms with E-state index in [0.717, 1.165) is 5.75 Å². The van der Waals surface area contributed by atoms with E-state index < -0.39 is 0 Å². The van der Waals surface area contributed by atoms with E-state index >= 15 is 0 Å². The molecule has 2 heterocycles. The molecule has 0 amide bonds. The van der Waals surface area contributed by atoms with Crippen molar-refractivity contribution in [1.82, 2.24) is 0 Å². The van der Waals surface area contributed by atoms with E-state index in [0.29, 0.717) is 0 Å². The minimum atomic E-state index is 0.883. The minimum Gasteiger partial charge on any atom is -0.497 e. The second kappa shape index (κ2) is 4.49. The van der Waals surface area contributed by atoms with E-state index in [1.165, 1.54) is 16.6 Å². The van der Waals surface area contributed by atoms with Crippen LogP contribution < -0.4 is 9.14 Å². The molecule has 0 radical (unpaired) electrons. The van der Waals surface area contributed by atoms with Crippen molar-refractivity contribution >= 4 is 5.52 Å². The third-order valence-corrected chi connectivity index (χ3v) is 3.04. The molecule has 2 aromatic heterocycles. The van der Waals surface area contributed by atoms with Gasteiger partial charge in [-0.1, -0.05) is 12.1 Å². The lowest BCUT2D eigenvalue weighted by molar-refractivity contribution is -0.511. The van der Waals surface area contributed by atoms with Gasteiger partial charge in [-0.05, 0) is 29.3 Å². The molecule has 2 heteroatoms. The summed E-state index contributed by atoms with van der Waals surface area (Å²) < 4.78 is 7.36. The van der Waals surface area contributed by atoms with Gasteiger partial charge in [-0.15, -0.1) is 0 Å². The number of pyridine rings is 2. The van der Waals surface area contributed by atoms with Gasteiger partial charge in [-0.25, -0.2) is 0 Å². The number of rotatable bonds is 2. The van der Waals surface area contributed by atoms with E-state index in [1.54, 1.807) is 7.11 Å². The van der Waals surface area contributed by atoms with Crippen molar-refractivity contribution in [3.63, 3.8) is 0 Å².